The molecule has 6 nitrogen and oxygen atoms in total. The third-order valence-corrected chi connectivity index (χ3v) is 7.27. The third kappa shape index (κ3) is 5.91. The summed E-state index contributed by atoms with van der Waals surface area (Å²) in [4.78, 5) is 18.2. The summed E-state index contributed by atoms with van der Waals surface area (Å²) in [6.07, 6.45) is 4.36. The Kier molecular flexibility index (Phi) is 8.13. The Morgan fingerprint density at radius 1 is 0.821 bits per heavy atom. The Balaban J connectivity index is 1.38. The smallest absolute Gasteiger partial charge is 0.255 e. The van der Waals surface area contributed by atoms with Crippen LogP contribution in [0.2, 0.25) is 0 Å². The zero-order chi connectivity index (χ0) is 27.2. The molecule has 0 unspecified atom stereocenters. The van der Waals surface area contributed by atoms with E-state index in [2.05, 4.69) is 45.9 Å². The summed E-state index contributed by atoms with van der Waals surface area (Å²) in [6, 6.07) is 28.3. The molecular formula is C33H35N3O3. The highest BCUT2D eigenvalue weighted by molar-refractivity contribution is 5.97. The number of ether oxygens (including phenoxy) is 2. The zero-order valence-electron chi connectivity index (χ0n) is 22.8. The molecule has 1 aliphatic rings. The number of hydrogen-bond donors (Lipinski definition) is 0. The van der Waals surface area contributed by atoms with Gasteiger partial charge in [-0.25, -0.2) is 0 Å². The minimum Gasteiger partial charge on any atom is -0.497 e. The van der Waals surface area contributed by atoms with Crippen LogP contribution in [0.4, 0.5) is 0 Å². The van der Waals surface area contributed by atoms with Gasteiger partial charge >= 0.3 is 0 Å². The van der Waals surface area contributed by atoms with E-state index in [1.807, 2.05) is 72.5 Å². The van der Waals surface area contributed by atoms with E-state index < -0.39 is 0 Å². The fourth-order valence-electron chi connectivity index (χ4n) is 5.10. The van der Waals surface area contributed by atoms with Crippen LogP contribution in [0.3, 0.4) is 0 Å². The largest absolute Gasteiger partial charge is 0.497 e. The van der Waals surface area contributed by atoms with Crippen molar-refractivity contribution in [2.75, 3.05) is 46.9 Å². The molecule has 0 saturated carbocycles. The van der Waals surface area contributed by atoms with Crippen LogP contribution < -0.4 is 9.47 Å². The van der Waals surface area contributed by atoms with Gasteiger partial charge in [0.2, 0.25) is 0 Å². The van der Waals surface area contributed by atoms with Crippen molar-refractivity contribution in [1.82, 2.24) is 14.4 Å². The van der Waals surface area contributed by atoms with Gasteiger partial charge in [-0.3, -0.25) is 9.69 Å². The number of hydrogen-bond acceptors (Lipinski definition) is 4. The summed E-state index contributed by atoms with van der Waals surface area (Å²) in [7, 11) is 3.29. The molecule has 3 aromatic carbocycles. The summed E-state index contributed by atoms with van der Waals surface area (Å²) in [5.41, 5.74) is 5.69. The lowest BCUT2D eigenvalue weighted by Gasteiger charge is -2.34. The lowest BCUT2D eigenvalue weighted by Crippen LogP contribution is -2.48. The Hall–Kier alpha value is -4.29. The van der Waals surface area contributed by atoms with Gasteiger partial charge in [0, 0.05) is 56.6 Å². The van der Waals surface area contributed by atoms with E-state index in [4.69, 9.17) is 9.47 Å². The van der Waals surface area contributed by atoms with Gasteiger partial charge in [-0.2, -0.15) is 0 Å². The quantitative estimate of drug-likeness (QED) is 0.288. The summed E-state index contributed by atoms with van der Waals surface area (Å²) in [5.74, 6) is 1.46. The third-order valence-electron chi connectivity index (χ3n) is 7.27. The minimum atomic E-state index is 0.0674. The average molecular weight is 522 g/mol. The van der Waals surface area contributed by atoms with E-state index >= 15 is 0 Å². The first-order valence-electron chi connectivity index (χ1n) is 13.3. The van der Waals surface area contributed by atoms with Gasteiger partial charge in [-0.1, -0.05) is 72.8 Å². The molecule has 200 valence electrons. The standard InChI is InChI=1S/C33H35N3O3/c1-25-31(33(37)35-19-17-34(18-20-35)16-10-13-26-11-6-4-7-12-26)24-32(27-14-8-5-9-15-27)36(25)28-21-29(38-2)23-30(22-28)39-3/h4-15,21-24H,16-20H2,1-3H3/b13-10+. The Labute approximate surface area is 230 Å². The Bertz CT molecular complexity index is 1410. The summed E-state index contributed by atoms with van der Waals surface area (Å²) >= 11 is 0. The van der Waals surface area contributed by atoms with Crippen LogP contribution in [-0.2, 0) is 0 Å². The molecule has 5 rings (SSSR count). The molecule has 1 saturated heterocycles. The van der Waals surface area contributed by atoms with Crippen LogP contribution >= 0.6 is 0 Å². The number of piperazine rings is 1. The van der Waals surface area contributed by atoms with E-state index in [1.165, 1.54) is 5.56 Å². The second kappa shape index (κ2) is 12.0. The maximum absolute atomic E-state index is 13.8. The molecule has 1 aromatic heterocycles. The van der Waals surface area contributed by atoms with E-state index in [-0.39, 0.29) is 5.91 Å². The molecule has 39 heavy (non-hydrogen) atoms. The van der Waals surface area contributed by atoms with Gasteiger partial charge in [-0.15, -0.1) is 0 Å². The predicted molar refractivity (Wildman–Crippen MR) is 157 cm³/mol. The fraction of sp³-hybridized carbons (Fsp3) is 0.242. The number of carbonyl (C=O) groups excluding carboxylic acids is 1. The van der Waals surface area contributed by atoms with Crippen molar-refractivity contribution in [3.63, 3.8) is 0 Å². The Morgan fingerprint density at radius 2 is 1.44 bits per heavy atom. The first-order chi connectivity index (χ1) is 19.1. The lowest BCUT2D eigenvalue weighted by atomic mass is 10.1. The van der Waals surface area contributed by atoms with Gasteiger partial charge in [0.1, 0.15) is 11.5 Å². The molecule has 1 aliphatic heterocycles. The molecule has 2 heterocycles. The van der Waals surface area contributed by atoms with Crippen molar-refractivity contribution in [2.24, 2.45) is 0 Å². The average Bonchev–Trinajstić information content (AvgIpc) is 3.34. The van der Waals surface area contributed by atoms with Crippen LogP contribution in [0, 0.1) is 6.92 Å². The van der Waals surface area contributed by atoms with E-state index in [0.717, 1.165) is 42.3 Å². The number of nitrogens with zero attached hydrogens (tertiary/aromatic N) is 3. The molecule has 6 heteroatoms. The van der Waals surface area contributed by atoms with E-state index in [1.54, 1.807) is 14.2 Å². The first-order valence-corrected chi connectivity index (χ1v) is 13.3. The van der Waals surface area contributed by atoms with Gasteiger partial charge in [0.05, 0.1) is 31.2 Å². The maximum Gasteiger partial charge on any atom is 0.255 e. The van der Waals surface area contributed by atoms with Crippen molar-refractivity contribution in [3.05, 3.63) is 108 Å². The van der Waals surface area contributed by atoms with Crippen LogP contribution in [-0.4, -0.2) is 67.2 Å². The monoisotopic (exact) mass is 521 g/mol. The van der Waals surface area contributed by atoms with Gasteiger partial charge in [-0.05, 0) is 24.1 Å². The number of amides is 1. The number of benzene rings is 3. The molecular weight excluding hydrogens is 486 g/mol. The lowest BCUT2D eigenvalue weighted by molar-refractivity contribution is 0.0649. The van der Waals surface area contributed by atoms with Crippen molar-refractivity contribution >= 4 is 12.0 Å². The first kappa shape index (κ1) is 26.3. The van der Waals surface area contributed by atoms with Crippen LogP contribution in [0.25, 0.3) is 23.0 Å². The van der Waals surface area contributed by atoms with Crippen molar-refractivity contribution in [1.29, 1.82) is 0 Å². The molecule has 0 radical (unpaired) electrons. The molecule has 4 aromatic rings. The fourth-order valence-corrected chi connectivity index (χ4v) is 5.10. The summed E-state index contributed by atoms with van der Waals surface area (Å²) in [5, 5.41) is 0. The Morgan fingerprint density at radius 3 is 2.05 bits per heavy atom. The molecule has 1 fully saturated rings. The van der Waals surface area contributed by atoms with E-state index in [0.29, 0.717) is 30.2 Å². The summed E-state index contributed by atoms with van der Waals surface area (Å²) < 4.78 is 13.2. The summed E-state index contributed by atoms with van der Waals surface area (Å²) in [6.45, 7) is 6.00. The molecule has 0 spiro atoms. The number of aromatic nitrogens is 1. The highest BCUT2D eigenvalue weighted by Gasteiger charge is 2.26. The second-order valence-electron chi connectivity index (χ2n) is 9.71. The van der Waals surface area contributed by atoms with Gasteiger partial charge < -0.3 is 18.9 Å². The molecule has 1 amide bonds. The molecule has 0 N–H and O–H groups in total. The van der Waals surface area contributed by atoms with Crippen molar-refractivity contribution < 1.29 is 14.3 Å². The molecule has 0 atom stereocenters. The van der Waals surface area contributed by atoms with Crippen LogP contribution in [0.5, 0.6) is 11.5 Å². The van der Waals surface area contributed by atoms with Crippen LogP contribution in [0.1, 0.15) is 21.6 Å². The minimum absolute atomic E-state index is 0.0674. The van der Waals surface area contributed by atoms with E-state index in [9.17, 15) is 4.79 Å². The van der Waals surface area contributed by atoms with Gasteiger partial charge in [0.15, 0.2) is 0 Å². The van der Waals surface area contributed by atoms with Crippen LogP contribution in [0.15, 0.2) is 91.0 Å². The maximum atomic E-state index is 13.8. The van der Waals surface area contributed by atoms with Crippen molar-refractivity contribution in [2.45, 2.75) is 6.92 Å². The number of rotatable bonds is 8. The topological polar surface area (TPSA) is 46.9 Å². The van der Waals surface area contributed by atoms with Gasteiger partial charge in [0.25, 0.3) is 5.91 Å². The highest BCUT2D eigenvalue weighted by atomic mass is 16.5. The SMILES string of the molecule is COc1cc(OC)cc(-n2c(-c3ccccc3)cc(C(=O)N3CCN(C/C=C/c4ccccc4)CC3)c2C)c1. The molecule has 0 aliphatic carbocycles. The second-order valence-corrected chi connectivity index (χ2v) is 9.71. The zero-order valence-corrected chi connectivity index (χ0v) is 22.8. The van der Waals surface area contributed by atoms with Crippen molar-refractivity contribution in [3.8, 4) is 28.4 Å². The normalized spacial score (nSPS) is 14.1. The predicted octanol–water partition coefficient (Wildman–Crippen LogP) is 5.94. The highest BCUT2D eigenvalue weighted by Crippen LogP contribution is 2.33. The molecule has 0 bridgehead atoms. The number of carbonyl (C=O) groups is 1. The number of methoxy groups -OCH3 is 2.